The van der Waals surface area contributed by atoms with Crippen molar-refractivity contribution in [2.45, 2.75) is 22.9 Å². The van der Waals surface area contributed by atoms with Crippen LogP contribution >= 0.6 is 11.8 Å². The minimum Gasteiger partial charge on any atom is -0.494 e. The van der Waals surface area contributed by atoms with Crippen molar-refractivity contribution in [1.29, 1.82) is 0 Å². The summed E-state index contributed by atoms with van der Waals surface area (Å²) in [5, 5.41) is 21.6. The van der Waals surface area contributed by atoms with Crippen molar-refractivity contribution in [1.82, 2.24) is 4.57 Å². The van der Waals surface area contributed by atoms with Crippen molar-refractivity contribution >= 4 is 11.8 Å². The van der Waals surface area contributed by atoms with E-state index in [1.807, 2.05) is 54.6 Å². The molecule has 0 spiro atoms. The Balaban J connectivity index is 1.54. The maximum atomic E-state index is 10.8. The number of benzene rings is 2. The molecule has 5 heteroatoms. The van der Waals surface area contributed by atoms with Crippen molar-refractivity contribution in [3.8, 4) is 17.4 Å². The van der Waals surface area contributed by atoms with Crippen LogP contribution in [0, 0.1) is 0 Å². The van der Waals surface area contributed by atoms with Crippen molar-refractivity contribution < 1.29 is 14.9 Å². The third-order valence-electron chi connectivity index (χ3n) is 4.86. The molecule has 2 unspecified atom stereocenters. The Morgan fingerprint density at radius 2 is 1.46 bits per heavy atom. The standard InChI is InChI=1S/C21H17NO3S/c23-20-18-15-10-11-16(25-15)19(18)21(24)22(20)14-8-4-5-9-17(14)26-12-13-6-2-1-3-7-13/h1-11,15-16,23-24H,12H2. The summed E-state index contributed by atoms with van der Waals surface area (Å²) in [7, 11) is 0. The van der Waals surface area contributed by atoms with Crippen molar-refractivity contribution in [3.05, 3.63) is 83.4 Å². The Morgan fingerprint density at radius 3 is 2.15 bits per heavy atom. The zero-order valence-corrected chi connectivity index (χ0v) is 14.7. The number of fused-ring (bicyclic) bond motifs is 5. The molecule has 26 heavy (non-hydrogen) atoms. The Hall–Kier alpha value is -2.63. The maximum Gasteiger partial charge on any atom is 0.205 e. The van der Waals surface area contributed by atoms with E-state index in [4.69, 9.17) is 4.74 Å². The second-order valence-corrected chi connectivity index (χ2v) is 7.43. The van der Waals surface area contributed by atoms with Crippen LogP contribution in [0.4, 0.5) is 0 Å². The summed E-state index contributed by atoms with van der Waals surface area (Å²) in [5.74, 6) is 0.931. The molecule has 2 aromatic carbocycles. The zero-order valence-electron chi connectivity index (χ0n) is 13.9. The summed E-state index contributed by atoms with van der Waals surface area (Å²) >= 11 is 1.68. The predicted octanol–water partition coefficient (Wildman–Crippen LogP) is 4.86. The summed E-state index contributed by atoms with van der Waals surface area (Å²) in [4.78, 5) is 0.997. The Labute approximate surface area is 155 Å². The van der Waals surface area contributed by atoms with Crippen LogP contribution in [-0.4, -0.2) is 14.8 Å². The van der Waals surface area contributed by atoms with Crippen molar-refractivity contribution in [3.63, 3.8) is 0 Å². The van der Waals surface area contributed by atoms with E-state index in [0.717, 1.165) is 16.3 Å². The van der Waals surface area contributed by atoms with E-state index in [2.05, 4.69) is 12.1 Å². The lowest BCUT2D eigenvalue weighted by Crippen LogP contribution is -1.98. The van der Waals surface area contributed by atoms with Gasteiger partial charge in [-0.2, -0.15) is 0 Å². The highest BCUT2D eigenvalue weighted by molar-refractivity contribution is 7.98. The number of hydrogen-bond acceptors (Lipinski definition) is 4. The van der Waals surface area contributed by atoms with Gasteiger partial charge in [-0.3, -0.25) is 0 Å². The largest absolute Gasteiger partial charge is 0.494 e. The third kappa shape index (κ3) is 2.28. The quantitative estimate of drug-likeness (QED) is 0.513. The van der Waals surface area contributed by atoms with Crippen LogP contribution in [0.15, 0.2) is 71.6 Å². The second kappa shape index (κ2) is 5.97. The molecule has 0 saturated heterocycles. The fourth-order valence-corrected chi connectivity index (χ4v) is 4.65. The van der Waals surface area contributed by atoms with Gasteiger partial charge in [-0.1, -0.05) is 54.6 Å². The van der Waals surface area contributed by atoms with Crippen LogP contribution in [0.3, 0.4) is 0 Å². The molecule has 4 nitrogen and oxygen atoms in total. The molecule has 0 saturated carbocycles. The zero-order chi connectivity index (χ0) is 17.7. The van der Waals surface area contributed by atoms with Gasteiger partial charge in [0, 0.05) is 10.6 Å². The SMILES string of the molecule is Oc1c2c(c(O)n1-c1ccccc1SCc1ccccc1)C1C=CC2O1. The van der Waals surface area contributed by atoms with E-state index in [1.165, 1.54) is 10.1 Å². The lowest BCUT2D eigenvalue weighted by molar-refractivity contribution is 0.0842. The van der Waals surface area contributed by atoms with E-state index in [1.54, 1.807) is 11.8 Å². The first-order valence-electron chi connectivity index (χ1n) is 8.50. The van der Waals surface area contributed by atoms with E-state index >= 15 is 0 Å². The normalized spacial score (nSPS) is 19.8. The van der Waals surface area contributed by atoms with Gasteiger partial charge in [0.2, 0.25) is 11.8 Å². The highest BCUT2D eigenvalue weighted by atomic mass is 32.2. The average molecular weight is 363 g/mol. The monoisotopic (exact) mass is 363 g/mol. The first kappa shape index (κ1) is 15.6. The van der Waals surface area contributed by atoms with Crippen molar-refractivity contribution in [2.24, 2.45) is 0 Å². The molecule has 3 aromatic rings. The summed E-state index contributed by atoms with van der Waals surface area (Å²) in [6.07, 6.45) is 3.30. The number of ether oxygens (including phenoxy) is 1. The van der Waals surface area contributed by atoms with Crippen LogP contribution in [0.5, 0.6) is 11.8 Å². The number of nitrogens with zero attached hydrogens (tertiary/aromatic N) is 1. The molecule has 130 valence electrons. The van der Waals surface area contributed by atoms with Crippen LogP contribution in [0.1, 0.15) is 28.9 Å². The summed E-state index contributed by atoms with van der Waals surface area (Å²) in [6, 6.07) is 18.0. The molecule has 3 heterocycles. The van der Waals surface area contributed by atoms with E-state index in [-0.39, 0.29) is 24.0 Å². The fraction of sp³-hybridized carbons (Fsp3) is 0.143. The Bertz CT molecular complexity index is 974. The molecule has 2 N–H and O–H groups in total. The van der Waals surface area contributed by atoms with E-state index in [0.29, 0.717) is 11.1 Å². The van der Waals surface area contributed by atoms with E-state index in [9.17, 15) is 10.2 Å². The van der Waals surface area contributed by atoms with Crippen LogP contribution in [0.2, 0.25) is 0 Å². The maximum absolute atomic E-state index is 10.8. The van der Waals surface area contributed by atoms with Gasteiger partial charge < -0.3 is 14.9 Å². The molecule has 0 radical (unpaired) electrons. The van der Waals surface area contributed by atoms with E-state index < -0.39 is 0 Å². The van der Waals surface area contributed by atoms with Gasteiger partial charge in [0.25, 0.3) is 0 Å². The summed E-state index contributed by atoms with van der Waals surface area (Å²) < 4.78 is 7.26. The first-order valence-corrected chi connectivity index (χ1v) is 9.49. The molecule has 1 aromatic heterocycles. The third-order valence-corrected chi connectivity index (χ3v) is 6.00. The first-order chi connectivity index (χ1) is 12.7. The number of hydrogen-bond donors (Lipinski definition) is 2. The molecule has 0 aliphatic carbocycles. The summed E-state index contributed by atoms with van der Waals surface area (Å²) in [5.41, 5.74) is 3.36. The molecule has 2 atom stereocenters. The van der Waals surface area contributed by atoms with Gasteiger partial charge in [0.1, 0.15) is 12.2 Å². The van der Waals surface area contributed by atoms with Gasteiger partial charge in [-0.25, -0.2) is 4.57 Å². The molecular formula is C21H17NO3S. The minimum atomic E-state index is -0.272. The van der Waals surface area contributed by atoms with Gasteiger partial charge in [-0.15, -0.1) is 11.8 Å². The number of aromatic hydroxyl groups is 2. The number of thioether (sulfide) groups is 1. The molecule has 0 amide bonds. The second-order valence-electron chi connectivity index (χ2n) is 6.41. The van der Waals surface area contributed by atoms with Crippen LogP contribution in [-0.2, 0) is 10.5 Å². The molecule has 5 rings (SSSR count). The average Bonchev–Trinajstić information content (AvgIpc) is 3.35. The lowest BCUT2D eigenvalue weighted by atomic mass is 10.0. The fourth-order valence-electron chi connectivity index (χ4n) is 3.65. The van der Waals surface area contributed by atoms with Crippen molar-refractivity contribution in [2.75, 3.05) is 0 Å². The van der Waals surface area contributed by atoms with Gasteiger partial charge in [0.15, 0.2) is 0 Å². The number of aromatic nitrogens is 1. The Morgan fingerprint density at radius 1 is 0.846 bits per heavy atom. The van der Waals surface area contributed by atoms with Gasteiger partial charge >= 0.3 is 0 Å². The molecule has 2 aliphatic rings. The number of para-hydroxylation sites is 1. The number of rotatable bonds is 4. The summed E-state index contributed by atoms with van der Waals surface area (Å²) in [6.45, 7) is 0. The predicted molar refractivity (Wildman–Crippen MR) is 101 cm³/mol. The lowest BCUT2D eigenvalue weighted by Gasteiger charge is -2.14. The van der Waals surface area contributed by atoms with Gasteiger partial charge in [0.05, 0.1) is 16.8 Å². The molecule has 2 bridgehead atoms. The highest BCUT2D eigenvalue weighted by Crippen LogP contribution is 2.55. The topological polar surface area (TPSA) is 54.6 Å². The van der Waals surface area contributed by atoms with Gasteiger partial charge in [-0.05, 0) is 17.7 Å². The molecule has 2 aliphatic heterocycles. The minimum absolute atomic E-state index is 0.0575. The van der Waals surface area contributed by atoms with Crippen LogP contribution < -0.4 is 0 Å². The molecular weight excluding hydrogens is 346 g/mol. The van der Waals surface area contributed by atoms with Crippen LogP contribution in [0.25, 0.3) is 5.69 Å². The smallest absolute Gasteiger partial charge is 0.205 e. The molecule has 0 fully saturated rings. The Kier molecular flexibility index (Phi) is 3.58. The highest BCUT2D eigenvalue weighted by Gasteiger charge is 2.42.